The smallest absolute Gasteiger partial charge is 0.249 e. The quantitative estimate of drug-likeness (QED) is 0.542. The maximum atomic E-state index is 14.6. The van der Waals surface area contributed by atoms with Crippen LogP contribution in [0.1, 0.15) is 21.5 Å². The number of amides is 1. The number of benzene rings is 3. The minimum atomic E-state index is -0.503. The van der Waals surface area contributed by atoms with E-state index in [0.29, 0.717) is 28.3 Å². The number of primary amides is 1. The number of hydrogen-bond donors (Lipinski definition) is 1. The van der Waals surface area contributed by atoms with Gasteiger partial charge in [-0.25, -0.2) is 4.39 Å². The molecule has 3 aromatic carbocycles. The van der Waals surface area contributed by atoms with Crippen LogP contribution < -0.4 is 5.73 Å². The Bertz CT molecular complexity index is 1180. The Balaban J connectivity index is 2.09. The molecule has 0 unspecified atom stereocenters. The van der Waals surface area contributed by atoms with Gasteiger partial charge >= 0.3 is 0 Å². The number of aryl methyl sites for hydroxylation is 1. The Morgan fingerprint density at radius 3 is 2.62 bits per heavy atom. The minimum Gasteiger partial charge on any atom is -0.366 e. The lowest BCUT2D eigenvalue weighted by Crippen LogP contribution is -2.11. The van der Waals surface area contributed by atoms with E-state index in [9.17, 15) is 9.18 Å². The lowest BCUT2D eigenvalue weighted by atomic mass is 10.1. The van der Waals surface area contributed by atoms with Crippen molar-refractivity contribution in [1.82, 2.24) is 4.57 Å². The van der Waals surface area contributed by atoms with Gasteiger partial charge in [-0.3, -0.25) is 4.79 Å². The summed E-state index contributed by atoms with van der Waals surface area (Å²) in [5.74, 6) is -0.739. The first-order chi connectivity index (χ1) is 12.5. The molecule has 0 fully saturated rings. The van der Waals surface area contributed by atoms with Gasteiger partial charge in [0.25, 0.3) is 0 Å². The molecule has 2 N–H and O–H groups in total. The zero-order valence-electron chi connectivity index (χ0n) is 14.1. The van der Waals surface area contributed by atoms with E-state index in [1.165, 1.54) is 0 Å². The number of hydrogen-bond acceptors (Lipinski definition) is 1. The average Bonchev–Trinajstić information content (AvgIpc) is 2.94. The SMILES string of the molecule is Cc1cccc(Cn2c3cccc(C(N)=O)c3c3cccc(Cl)c32)c1F. The molecule has 26 heavy (non-hydrogen) atoms. The van der Waals surface area contributed by atoms with Crippen LogP contribution in [0.2, 0.25) is 5.02 Å². The summed E-state index contributed by atoms with van der Waals surface area (Å²) in [5, 5.41) is 2.11. The first-order valence-corrected chi connectivity index (χ1v) is 8.60. The minimum absolute atomic E-state index is 0.236. The van der Waals surface area contributed by atoms with Crippen molar-refractivity contribution < 1.29 is 9.18 Å². The van der Waals surface area contributed by atoms with Crippen LogP contribution in [-0.2, 0) is 6.54 Å². The Morgan fingerprint density at radius 1 is 1.12 bits per heavy atom. The molecule has 3 nitrogen and oxygen atoms in total. The molecular weight excluding hydrogens is 351 g/mol. The van der Waals surface area contributed by atoms with Crippen LogP contribution in [-0.4, -0.2) is 10.5 Å². The van der Waals surface area contributed by atoms with Crippen molar-refractivity contribution in [1.29, 1.82) is 0 Å². The van der Waals surface area contributed by atoms with Crippen LogP contribution >= 0.6 is 11.6 Å². The fraction of sp³-hybridized carbons (Fsp3) is 0.0952. The molecule has 0 atom stereocenters. The number of rotatable bonds is 3. The van der Waals surface area contributed by atoms with Crippen LogP contribution in [0, 0.1) is 12.7 Å². The number of nitrogens with zero attached hydrogens (tertiary/aromatic N) is 1. The first kappa shape index (κ1) is 16.6. The number of para-hydroxylation sites is 1. The van der Waals surface area contributed by atoms with Crippen molar-refractivity contribution >= 4 is 39.3 Å². The Morgan fingerprint density at radius 2 is 1.85 bits per heavy atom. The van der Waals surface area contributed by atoms with Gasteiger partial charge in [-0.15, -0.1) is 0 Å². The summed E-state index contributed by atoms with van der Waals surface area (Å²) in [4.78, 5) is 11.9. The summed E-state index contributed by atoms with van der Waals surface area (Å²) in [6.45, 7) is 2.04. The highest BCUT2D eigenvalue weighted by Gasteiger charge is 2.19. The Kier molecular flexibility index (Phi) is 3.93. The number of aromatic nitrogens is 1. The number of halogens is 2. The van der Waals surface area contributed by atoms with E-state index in [1.807, 2.05) is 28.8 Å². The number of carbonyl (C=O) groups is 1. The van der Waals surface area contributed by atoms with Gasteiger partial charge in [-0.05, 0) is 30.7 Å². The lowest BCUT2D eigenvalue weighted by molar-refractivity contribution is 0.100. The highest BCUT2D eigenvalue weighted by Crippen LogP contribution is 2.36. The molecule has 0 aliphatic heterocycles. The van der Waals surface area contributed by atoms with Crippen molar-refractivity contribution in [3.05, 3.63) is 82.1 Å². The molecule has 130 valence electrons. The summed E-state index contributed by atoms with van der Waals surface area (Å²) < 4.78 is 16.5. The lowest BCUT2D eigenvalue weighted by Gasteiger charge is -2.11. The topological polar surface area (TPSA) is 48.0 Å². The first-order valence-electron chi connectivity index (χ1n) is 8.22. The van der Waals surface area contributed by atoms with Gasteiger partial charge < -0.3 is 10.3 Å². The Hall–Kier alpha value is -2.85. The van der Waals surface area contributed by atoms with E-state index in [0.717, 1.165) is 21.8 Å². The molecule has 0 bridgehead atoms. The monoisotopic (exact) mass is 366 g/mol. The number of fused-ring (bicyclic) bond motifs is 3. The van der Waals surface area contributed by atoms with Gasteiger partial charge in [0.15, 0.2) is 0 Å². The van der Waals surface area contributed by atoms with Crippen LogP contribution in [0.25, 0.3) is 21.8 Å². The molecule has 0 aliphatic rings. The molecule has 4 rings (SSSR count). The normalized spacial score (nSPS) is 11.3. The highest BCUT2D eigenvalue weighted by atomic mass is 35.5. The standard InChI is InChI=1S/C21H16ClFN2O/c1-12-5-2-6-13(19(12)23)11-25-17-10-4-8-15(21(24)26)18(17)14-7-3-9-16(22)20(14)25/h2-10H,11H2,1H3,(H2,24,26). The predicted molar refractivity (Wildman–Crippen MR) is 103 cm³/mol. The van der Waals surface area contributed by atoms with Gasteiger partial charge in [0.2, 0.25) is 5.91 Å². The third-order valence-electron chi connectivity index (χ3n) is 4.72. The van der Waals surface area contributed by atoms with Crippen molar-refractivity contribution in [2.24, 2.45) is 5.73 Å². The molecule has 1 heterocycles. The Labute approximate surface area is 154 Å². The van der Waals surface area contributed by atoms with Gasteiger partial charge in [0.05, 0.1) is 22.6 Å². The molecular formula is C21H16ClFN2O. The summed E-state index contributed by atoms with van der Waals surface area (Å²) in [5.41, 5.74) is 8.71. The second-order valence-corrected chi connectivity index (χ2v) is 6.74. The van der Waals surface area contributed by atoms with Crippen LogP contribution in [0.4, 0.5) is 4.39 Å². The van der Waals surface area contributed by atoms with Crippen LogP contribution in [0.15, 0.2) is 54.6 Å². The fourth-order valence-corrected chi connectivity index (χ4v) is 3.81. The number of nitrogens with two attached hydrogens (primary N) is 1. The van der Waals surface area contributed by atoms with Crippen molar-refractivity contribution in [2.45, 2.75) is 13.5 Å². The molecule has 0 aliphatic carbocycles. The number of carbonyl (C=O) groups excluding carboxylic acids is 1. The third kappa shape index (κ3) is 2.45. The van der Waals surface area contributed by atoms with Gasteiger partial charge in [-0.2, -0.15) is 0 Å². The molecule has 0 saturated heterocycles. The van der Waals surface area contributed by atoms with Crippen LogP contribution in [0.5, 0.6) is 0 Å². The average molecular weight is 367 g/mol. The van der Waals surface area contributed by atoms with Gasteiger partial charge in [0, 0.05) is 21.9 Å². The highest BCUT2D eigenvalue weighted by molar-refractivity contribution is 6.37. The molecule has 1 amide bonds. The predicted octanol–water partition coefficient (Wildman–Crippen LogP) is 5.04. The summed E-state index contributed by atoms with van der Waals surface area (Å²) in [7, 11) is 0. The molecule has 1 aromatic heterocycles. The zero-order valence-corrected chi connectivity index (χ0v) is 14.8. The summed E-state index contributed by atoms with van der Waals surface area (Å²) >= 11 is 6.47. The summed E-state index contributed by atoms with van der Waals surface area (Å²) in [6, 6.07) is 16.2. The van der Waals surface area contributed by atoms with E-state index in [2.05, 4.69) is 0 Å². The van der Waals surface area contributed by atoms with Crippen molar-refractivity contribution in [2.75, 3.05) is 0 Å². The molecule has 5 heteroatoms. The third-order valence-corrected chi connectivity index (χ3v) is 5.03. The van der Waals surface area contributed by atoms with E-state index >= 15 is 0 Å². The molecule has 0 radical (unpaired) electrons. The maximum Gasteiger partial charge on any atom is 0.249 e. The fourth-order valence-electron chi connectivity index (χ4n) is 3.53. The zero-order chi connectivity index (χ0) is 18.4. The maximum absolute atomic E-state index is 14.6. The van der Waals surface area contributed by atoms with E-state index in [1.54, 1.807) is 37.3 Å². The van der Waals surface area contributed by atoms with E-state index in [4.69, 9.17) is 17.3 Å². The van der Waals surface area contributed by atoms with Gasteiger partial charge in [0.1, 0.15) is 5.82 Å². The second kappa shape index (κ2) is 6.15. The second-order valence-electron chi connectivity index (χ2n) is 6.33. The largest absolute Gasteiger partial charge is 0.366 e. The van der Waals surface area contributed by atoms with E-state index in [-0.39, 0.29) is 5.82 Å². The van der Waals surface area contributed by atoms with Crippen LogP contribution in [0.3, 0.4) is 0 Å². The molecule has 0 saturated carbocycles. The molecule has 0 spiro atoms. The molecule has 4 aromatic rings. The summed E-state index contributed by atoms with van der Waals surface area (Å²) in [6.07, 6.45) is 0. The van der Waals surface area contributed by atoms with Crippen molar-refractivity contribution in [3.63, 3.8) is 0 Å². The van der Waals surface area contributed by atoms with Gasteiger partial charge in [-0.1, -0.05) is 48.0 Å². The van der Waals surface area contributed by atoms with E-state index < -0.39 is 5.91 Å². The van der Waals surface area contributed by atoms with Crippen molar-refractivity contribution in [3.8, 4) is 0 Å².